The van der Waals surface area contributed by atoms with Gasteiger partial charge in [-0.1, -0.05) is 13.3 Å². The Labute approximate surface area is 153 Å². The van der Waals surface area contributed by atoms with Crippen molar-refractivity contribution in [2.75, 3.05) is 26.3 Å². The average molecular weight is 384 g/mol. The van der Waals surface area contributed by atoms with Gasteiger partial charge in [0.15, 0.2) is 0 Å². The molecule has 1 amide bonds. The van der Waals surface area contributed by atoms with E-state index in [1.807, 2.05) is 6.92 Å². The van der Waals surface area contributed by atoms with Crippen molar-refractivity contribution in [1.29, 1.82) is 0 Å². The van der Waals surface area contributed by atoms with Gasteiger partial charge in [-0.15, -0.1) is 0 Å². The number of carbonyl (C=O) groups excluding carboxylic acids is 1. The third kappa shape index (κ3) is 4.40. The van der Waals surface area contributed by atoms with Gasteiger partial charge in [0, 0.05) is 18.7 Å². The molecule has 8 nitrogen and oxygen atoms in total. The summed E-state index contributed by atoms with van der Waals surface area (Å²) in [5, 5.41) is 11.9. The number of nitrogens with one attached hydrogen (secondary N) is 1. The number of amides is 1. The zero-order chi connectivity index (χ0) is 19.4. The Balaban J connectivity index is 2.15. The lowest BCUT2D eigenvalue weighted by Crippen LogP contribution is -2.52. The molecule has 1 aromatic rings. The van der Waals surface area contributed by atoms with E-state index in [0.717, 1.165) is 0 Å². The fourth-order valence-electron chi connectivity index (χ4n) is 2.76. The molecule has 144 valence electrons. The summed E-state index contributed by atoms with van der Waals surface area (Å²) in [4.78, 5) is 23.9. The van der Waals surface area contributed by atoms with Gasteiger partial charge >= 0.3 is 5.97 Å². The first-order valence-electron chi connectivity index (χ1n) is 8.44. The number of sulfonamides is 1. The van der Waals surface area contributed by atoms with Crippen molar-refractivity contribution >= 4 is 21.9 Å². The molecule has 2 rings (SSSR count). The molecule has 0 saturated carbocycles. The zero-order valence-corrected chi connectivity index (χ0v) is 15.7. The number of benzene rings is 1. The summed E-state index contributed by atoms with van der Waals surface area (Å²) in [6.07, 6.45) is 0.886. The van der Waals surface area contributed by atoms with E-state index in [1.54, 1.807) is 0 Å². The molecule has 1 fully saturated rings. The van der Waals surface area contributed by atoms with Gasteiger partial charge in [-0.25, -0.2) is 13.2 Å². The van der Waals surface area contributed by atoms with E-state index < -0.39 is 27.4 Å². The van der Waals surface area contributed by atoms with E-state index in [4.69, 9.17) is 4.74 Å². The first kappa shape index (κ1) is 20.3. The Hall–Kier alpha value is -1.97. The third-order valence-electron chi connectivity index (χ3n) is 4.34. The Morgan fingerprint density at radius 2 is 1.81 bits per heavy atom. The summed E-state index contributed by atoms with van der Waals surface area (Å²) >= 11 is 0. The van der Waals surface area contributed by atoms with Crippen molar-refractivity contribution in [2.45, 2.75) is 37.1 Å². The minimum atomic E-state index is -3.63. The Morgan fingerprint density at radius 3 is 2.31 bits per heavy atom. The quantitative estimate of drug-likeness (QED) is 0.727. The second kappa shape index (κ2) is 8.15. The van der Waals surface area contributed by atoms with Crippen LogP contribution >= 0.6 is 0 Å². The highest BCUT2D eigenvalue weighted by molar-refractivity contribution is 7.89. The van der Waals surface area contributed by atoms with Crippen LogP contribution in [0.4, 0.5) is 0 Å². The molecule has 9 heteroatoms. The summed E-state index contributed by atoms with van der Waals surface area (Å²) in [5.74, 6) is -1.67. The highest BCUT2D eigenvalue weighted by atomic mass is 32.2. The minimum Gasteiger partial charge on any atom is -0.480 e. The molecule has 1 atom stereocenters. The zero-order valence-electron chi connectivity index (χ0n) is 14.9. The molecule has 2 N–H and O–H groups in total. The van der Waals surface area contributed by atoms with E-state index in [1.165, 1.54) is 35.5 Å². The van der Waals surface area contributed by atoms with Crippen LogP contribution in [0, 0.1) is 0 Å². The van der Waals surface area contributed by atoms with Crippen molar-refractivity contribution in [3.05, 3.63) is 29.8 Å². The number of morpholine rings is 1. The van der Waals surface area contributed by atoms with Crippen molar-refractivity contribution in [2.24, 2.45) is 0 Å². The fraction of sp³-hybridized carbons (Fsp3) is 0.529. The molecule has 0 radical (unpaired) electrons. The SMILES string of the molecule is CCCC(C)(NC(=O)c1ccc(S(=O)(=O)N2CCOCC2)cc1)C(=O)O. The van der Waals surface area contributed by atoms with Crippen LogP contribution in [-0.2, 0) is 19.6 Å². The predicted octanol–water partition coefficient (Wildman–Crippen LogP) is 1.08. The van der Waals surface area contributed by atoms with Crippen LogP contribution in [0.2, 0.25) is 0 Å². The monoisotopic (exact) mass is 384 g/mol. The second-order valence-electron chi connectivity index (χ2n) is 6.38. The van der Waals surface area contributed by atoms with Crippen LogP contribution in [0.1, 0.15) is 37.0 Å². The summed E-state index contributed by atoms with van der Waals surface area (Å²) in [6, 6.07) is 5.49. The number of carboxylic acid groups (broad SMARTS) is 1. The number of aliphatic carboxylic acids is 1. The lowest BCUT2D eigenvalue weighted by molar-refractivity contribution is -0.144. The van der Waals surface area contributed by atoms with Crippen LogP contribution in [0.15, 0.2) is 29.2 Å². The fourth-order valence-corrected chi connectivity index (χ4v) is 4.17. The molecular formula is C17H24N2O6S. The van der Waals surface area contributed by atoms with E-state index >= 15 is 0 Å². The first-order chi connectivity index (χ1) is 12.2. The maximum Gasteiger partial charge on any atom is 0.329 e. The summed E-state index contributed by atoms with van der Waals surface area (Å²) in [7, 11) is -3.63. The van der Waals surface area contributed by atoms with Gasteiger partial charge in [-0.05, 0) is 37.6 Å². The number of ether oxygens (including phenoxy) is 1. The smallest absolute Gasteiger partial charge is 0.329 e. The normalized spacial score (nSPS) is 18.1. The van der Waals surface area contributed by atoms with E-state index in [0.29, 0.717) is 32.7 Å². The van der Waals surface area contributed by atoms with E-state index in [2.05, 4.69) is 5.32 Å². The molecule has 1 aliphatic rings. The van der Waals surface area contributed by atoms with Crippen LogP contribution in [0.3, 0.4) is 0 Å². The highest BCUT2D eigenvalue weighted by Gasteiger charge is 2.34. The minimum absolute atomic E-state index is 0.0884. The lowest BCUT2D eigenvalue weighted by atomic mass is 9.96. The Bertz CT molecular complexity index is 756. The van der Waals surface area contributed by atoms with Gasteiger partial charge in [0.1, 0.15) is 5.54 Å². The summed E-state index contributed by atoms with van der Waals surface area (Å²) < 4.78 is 31.6. The van der Waals surface area contributed by atoms with Crippen LogP contribution < -0.4 is 5.32 Å². The summed E-state index contributed by atoms with van der Waals surface area (Å²) in [6.45, 7) is 4.57. The lowest BCUT2D eigenvalue weighted by Gasteiger charge is -2.26. The number of nitrogens with zero attached hydrogens (tertiary/aromatic N) is 1. The van der Waals surface area contributed by atoms with Gasteiger partial charge in [-0.2, -0.15) is 4.31 Å². The van der Waals surface area contributed by atoms with Gasteiger partial charge in [-0.3, -0.25) is 4.79 Å². The number of carboxylic acids is 1. The van der Waals surface area contributed by atoms with E-state index in [9.17, 15) is 23.1 Å². The molecule has 0 spiro atoms. The maximum atomic E-state index is 12.6. The number of rotatable bonds is 7. The molecule has 1 unspecified atom stereocenters. The highest BCUT2D eigenvalue weighted by Crippen LogP contribution is 2.19. The Kier molecular flexibility index (Phi) is 6.38. The molecule has 1 aromatic carbocycles. The van der Waals surface area contributed by atoms with Crippen molar-refractivity contribution in [3.63, 3.8) is 0 Å². The van der Waals surface area contributed by atoms with Gasteiger partial charge in [0.2, 0.25) is 10.0 Å². The number of hydrogen-bond donors (Lipinski definition) is 2. The first-order valence-corrected chi connectivity index (χ1v) is 9.88. The van der Waals surface area contributed by atoms with Crippen LogP contribution in [0.25, 0.3) is 0 Å². The average Bonchev–Trinajstić information content (AvgIpc) is 2.62. The predicted molar refractivity (Wildman–Crippen MR) is 94.4 cm³/mol. The van der Waals surface area contributed by atoms with Crippen molar-refractivity contribution in [1.82, 2.24) is 9.62 Å². The maximum absolute atomic E-state index is 12.6. The molecule has 1 saturated heterocycles. The molecule has 0 aliphatic carbocycles. The van der Waals surface area contributed by atoms with E-state index in [-0.39, 0.29) is 16.9 Å². The summed E-state index contributed by atoms with van der Waals surface area (Å²) in [5.41, 5.74) is -1.17. The standard InChI is InChI=1S/C17H24N2O6S/c1-3-8-17(2,16(21)22)18-15(20)13-4-6-14(7-5-13)26(23,24)19-9-11-25-12-10-19/h4-7H,3,8-12H2,1-2H3,(H,18,20)(H,21,22). The molecule has 1 heterocycles. The van der Waals surface area contributed by atoms with Gasteiger partial charge in [0.25, 0.3) is 5.91 Å². The molecule has 0 bridgehead atoms. The number of carbonyl (C=O) groups is 2. The molecule has 0 aromatic heterocycles. The van der Waals surface area contributed by atoms with Crippen molar-refractivity contribution < 1.29 is 27.9 Å². The number of hydrogen-bond acceptors (Lipinski definition) is 5. The topological polar surface area (TPSA) is 113 Å². The Morgan fingerprint density at radius 1 is 1.23 bits per heavy atom. The van der Waals surface area contributed by atoms with Gasteiger partial charge < -0.3 is 15.2 Å². The van der Waals surface area contributed by atoms with Crippen LogP contribution in [0.5, 0.6) is 0 Å². The molecule has 1 aliphatic heterocycles. The molecule has 26 heavy (non-hydrogen) atoms. The van der Waals surface area contributed by atoms with Gasteiger partial charge in [0.05, 0.1) is 18.1 Å². The van der Waals surface area contributed by atoms with Crippen LogP contribution in [-0.4, -0.2) is 61.5 Å². The largest absolute Gasteiger partial charge is 0.480 e. The van der Waals surface area contributed by atoms with Crippen molar-refractivity contribution in [3.8, 4) is 0 Å². The molecular weight excluding hydrogens is 360 g/mol. The second-order valence-corrected chi connectivity index (χ2v) is 8.32. The third-order valence-corrected chi connectivity index (χ3v) is 6.25.